The number of nitrogens with one attached hydrogen (secondary N) is 2. The molecule has 1 heterocycles. The summed E-state index contributed by atoms with van der Waals surface area (Å²) in [5, 5.41) is 14.1. The quantitative estimate of drug-likeness (QED) is 0.666. The van der Waals surface area contributed by atoms with Gasteiger partial charge < -0.3 is 15.4 Å². The average molecular weight is 335 g/mol. The van der Waals surface area contributed by atoms with Crippen LogP contribution in [0.2, 0.25) is 0 Å². The first-order chi connectivity index (χ1) is 12.1. The molecular formula is C18H17N5O2. The number of hydrogen-bond acceptors (Lipinski definition) is 7. The highest BCUT2D eigenvalue weighted by molar-refractivity contribution is 5.95. The molecule has 2 aromatic carbocycles. The lowest BCUT2D eigenvalue weighted by atomic mass is 10.1. The largest absolute Gasteiger partial charge is 0.497 e. The van der Waals surface area contributed by atoms with Gasteiger partial charge in [-0.05, 0) is 43.3 Å². The van der Waals surface area contributed by atoms with Gasteiger partial charge in [0.05, 0.1) is 13.3 Å². The van der Waals surface area contributed by atoms with Crippen LogP contribution in [0.25, 0.3) is 0 Å². The monoisotopic (exact) mass is 335 g/mol. The fourth-order valence-corrected chi connectivity index (χ4v) is 2.18. The van der Waals surface area contributed by atoms with Gasteiger partial charge in [0.25, 0.3) is 0 Å². The van der Waals surface area contributed by atoms with Crippen LogP contribution < -0.4 is 15.4 Å². The topological polar surface area (TPSA) is 89.0 Å². The van der Waals surface area contributed by atoms with Crippen LogP contribution in [0.4, 0.5) is 23.1 Å². The molecule has 3 rings (SSSR count). The van der Waals surface area contributed by atoms with Gasteiger partial charge in [-0.3, -0.25) is 4.79 Å². The summed E-state index contributed by atoms with van der Waals surface area (Å²) >= 11 is 0. The second-order valence-corrected chi connectivity index (χ2v) is 5.28. The second-order valence-electron chi connectivity index (χ2n) is 5.28. The van der Waals surface area contributed by atoms with Crippen LogP contribution in [-0.4, -0.2) is 28.1 Å². The van der Waals surface area contributed by atoms with Crippen LogP contribution in [-0.2, 0) is 0 Å². The van der Waals surface area contributed by atoms with E-state index in [1.165, 1.54) is 13.1 Å². The van der Waals surface area contributed by atoms with Crippen molar-refractivity contribution in [1.29, 1.82) is 0 Å². The normalized spacial score (nSPS) is 10.2. The molecule has 0 radical (unpaired) electrons. The number of anilines is 4. The minimum atomic E-state index is -0.00221. The second kappa shape index (κ2) is 7.39. The maximum Gasteiger partial charge on any atom is 0.249 e. The molecule has 25 heavy (non-hydrogen) atoms. The molecular weight excluding hydrogens is 318 g/mol. The Hall–Kier alpha value is -3.48. The van der Waals surface area contributed by atoms with Gasteiger partial charge in [0.1, 0.15) is 5.75 Å². The highest BCUT2D eigenvalue weighted by Crippen LogP contribution is 2.20. The lowest BCUT2D eigenvalue weighted by molar-refractivity contribution is 0.101. The zero-order valence-electron chi connectivity index (χ0n) is 13.9. The molecule has 0 spiro atoms. The van der Waals surface area contributed by atoms with E-state index in [1.807, 2.05) is 30.3 Å². The molecule has 0 fully saturated rings. The summed E-state index contributed by atoms with van der Waals surface area (Å²) in [6.07, 6.45) is 1.53. The Morgan fingerprint density at radius 2 is 1.84 bits per heavy atom. The Labute approximate surface area is 145 Å². The van der Waals surface area contributed by atoms with E-state index in [2.05, 4.69) is 25.8 Å². The third-order valence-corrected chi connectivity index (χ3v) is 3.45. The summed E-state index contributed by atoms with van der Waals surface area (Å²) in [5.41, 5.74) is 2.19. The van der Waals surface area contributed by atoms with Gasteiger partial charge >= 0.3 is 0 Å². The Bertz CT molecular complexity index is 881. The first-order valence-electron chi connectivity index (χ1n) is 7.63. The molecule has 0 saturated heterocycles. The van der Waals surface area contributed by atoms with Crippen LogP contribution in [0.5, 0.6) is 5.75 Å². The van der Waals surface area contributed by atoms with Crippen molar-refractivity contribution in [2.45, 2.75) is 6.92 Å². The maximum atomic E-state index is 11.5. The van der Waals surface area contributed by atoms with Gasteiger partial charge in [-0.1, -0.05) is 12.1 Å². The third kappa shape index (κ3) is 4.29. The summed E-state index contributed by atoms with van der Waals surface area (Å²) in [5.74, 6) is 1.65. The molecule has 0 aliphatic rings. The van der Waals surface area contributed by atoms with Gasteiger partial charge in [-0.2, -0.15) is 10.1 Å². The first-order valence-corrected chi connectivity index (χ1v) is 7.63. The van der Waals surface area contributed by atoms with Crippen molar-refractivity contribution < 1.29 is 9.53 Å². The fourth-order valence-electron chi connectivity index (χ4n) is 2.18. The molecule has 1 aromatic heterocycles. The number of nitrogens with zero attached hydrogens (tertiary/aromatic N) is 3. The van der Waals surface area contributed by atoms with Crippen molar-refractivity contribution >= 4 is 28.9 Å². The number of ketones is 1. The van der Waals surface area contributed by atoms with Gasteiger partial charge in [-0.25, -0.2) is 0 Å². The van der Waals surface area contributed by atoms with Crippen LogP contribution in [0.15, 0.2) is 54.7 Å². The predicted molar refractivity (Wildman–Crippen MR) is 95.8 cm³/mol. The van der Waals surface area contributed by atoms with Crippen molar-refractivity contribution in [2.75, 3.05) is 17.7 Å². The molecule has 7 heteroatoms. The van der Waals surface area contributed by atoms with Crippen molar-refractivity contribution in [1.82, 2.24) is 15.2 Å². The number of benzene rings is 2. The van der Waals surface area contributed by atoms with Gasteiger partial charge in [0, 0.05) is 16.9 Å². The van der Waals surface area contributed by atoms with Crippen molar-refractivity contribution in [2.24, 2.45) is 0 Å². The predicted octanol–water partition coefficient (Wildman–Crippen LogP) is 3.57. The SMILES string of the molecule is COc1ccc(Nc2cnnc(Nc3cccc(C(C)=O)c3)n2)cc1. The lowest BCUT2D eigenvalue weighted by Crippen LogP contribution is -2.03. The highest BCUT2D eigenvalue weighted by atomic mass is 16.5. The molecule has 0 aliphatic carbocycles. The molecule has 3 aromatic rings. The van der Waals surface area contributed by atoms with E-state index in [0.29, 0.717) is 17.3 Å². The van der Waals surface area contributed by atoms with Crippen molar-refractivity contribution in [3.8, 4) is 5.75 Å². The van der Waals surface area contributed by atoms with E-state index in [9.17, 15) is 4.79 Å². The van der Waals surface area contributed by atoms with Crippen LogP contribution in [0, 0.1) is 0 Å². The maximum absolute atomic E-state index is 11.5. The fraction of sp³-hybridized carbons (Fsp3) is 0.111. The molecule has 0 atom stereocenters. The van der Waals surface area contributed by atoms with E-state index < -0.39 is 0 Å². The van der Waals surface area contributed by atoms with E-state index >= 15 is 0 Å². The molecule has 2 N–H and O–H groups in total. The lowest BCUT2D eigenvalue weighted by Gasteiger charge is -2.09. The Kier molecular flexibility index (Phi) is 4.84. The van der Waals surface area contributed by atoms with Crippen LogP contribution in [0.1, 0.15) is 17.3 Å². The summed E-state index contributed by atoms with van der Waals surface area (Å²) in [6, 6.07) is 14.6. The van der Waals surface area contributed by atoms with Gasteiger partial charge in [0.15, 0.2) is 11.6 Å². The Balaban J connectivity index is 1.74. The highest BCUT2D eigenvalue weighted by Gasteiger charge is 2.05. The minimum Gasteiger partial charge on any atom is -0.497 e. The summed E-state index contributed by atoms with van der Waals surface area (Å²) in [6.45, 7) is 1.52. The molecule has 0 bridgehead atoms. The number of aromatic nitrogens is 3. The van der Waals surface area contributed by atoms with E-state index in [1.54, 1.807) is 25.3 Å². The standard InChI is InChI=1S/C18H17N5O2/c1-12(24)13-4-3-5-15(10-13)21-18-22-17(11-19-23-18)20-14-6-8-16(25-2)9-7-14/h3-11H,1-2H3,(H2,20,21,22,23). The Morgan fingerprint density at radius 1 is 1.04 bits per heavy atom. The third-order valence-electron chi connectivity index (χ3n) is 3.45. The summed E-state index contributed by atoms with van der Waals surface area (Å²) in [7, 11) is 1.62. The van der Waals surface area contributed by atoms with E-state index in [-0.39, 0.29) is 5.78 Å². The van der Waals surface area contributed by atoms with E-state index in [4.69, 9.17) is 4.74 Å². The number of ether oxygens (including phenoxy) is 1. The van der Waals surface area contributed by atoms with Crippen LogP contribution in [0.3, 0.4) is 0 Å². The van der Waals surface area contributed by atoms with Crippen molar-refractivity contribution in [3.63, 3.8) is 0 Å². The van der Waals surface area contributed by atoms with Gasteiger partial charge in [0.2, 0.25) is 5.95 Å². The smallest absolute Gasteiger partial charge is 0.249 e. The summed E-state index contributed by atoms with van der Waals surface area (Å²) in [4.78, 5) is 15.8. The molecule has 0 saturated carbocycles. The average Bonchev–Trinajstić information content (AvgIpc) is 2.63. The molecule has 126 valence electrons. The number of methoxy groups -OCH3 is 1. The first kappa shape index (κ1) is 16.4. The van der Waals surface area contributed by atoms with E-state index in [0.717, 1.165) is 17.1 Å². The summed E-state index contributed by atoms with van der Waals surface area (Å²) < 4.78 is 5.13. The zero-order valence-corrected chi connectivity index (χ0v) is 13.9. The van der Waals surface area contributed by atoms with Crippen LogP contribution >= 0.6 is 0 Å². The zero-order chi connectivity index (χ0) is 17.6. The number of hydrogen-bond donors (Lipinski definition) is 2. The number of carbonyl (C=O) groups excluding carboxylic acids is 1. The molecule has 7 nitrogen and oxygen atoms in total. The number of carbonyl (C=O) groups is 1. The number of Topliss-reactive ketones (excluding diaryl/α,β-unsaturated/α-hetero) is 1. The Morgan fingerprint density at radius 3 is 2.56 bits per heavy atom. The molecule has 0 unspecified atom stereocenters. The molecule has 0 aliphatic heterocycles. The number of rotatable bonds is 6. The minimum absolute atomic E-state index is 0.00221. The molecule has 0 amide bonds. The van der Waals surface area contributed by atoms with Crippen molar-refractivity contribution in [3.05, 3.63) is 60.3 Å². The van der Waals surface area contributed by atoms with Gasteiger partial charge in [-0.15, -0.1) is 5.10 Å².